The van der Waals surface area contributed by atoms with E-state index in [2.05, 4.69) is 5.32 Å². The molecule has 2 heterocycles. The van der Waals surface area contributed by atoms with Crippen LogP contribution in [0, 0.1) is 0 Å². The average molecular weight is 394 g/mol. The Labute approximate surface area is 161 Å². The van der Waals surface area contributed by atoms with Crippen LogP contribution in [0.25, 0.3) is 0 Å². The van der Waals surface area contributed by atoms with Crippen molar-refractivity contribution in [1.29, 1.82) is 0 Å². The predicted molar refractivity (Wildman–Crippen MR) is 95.4 cm³/mol. The fraction of sp³-hybridized carbons (Fsp3) is 0.500. The molecule has 27 heavy (non-hydrogen) atoms. The van der Waals surface area contributed by atoms with Crippen molar-refractivity contribution < 1.29 is 23.9 Å². The molecule has 1 aliphatic carbocycles. The highest BCUT2D eigenvalue weighted by Gasteiger charge is 2.63. The van der Waals surface area contributed by atoms with Gasteiger partial charge in [-0.15, -0.1) is 0 Å². The molecule has 0 aromatic heterocycles. The molecule has 0 spiro atoms. The number of nitrogens with zero attached hydrogens (tertiary/aromatic N) is 2. The van der Waals surface area contributed by atoms with Gasteiger partial charge in [0.15, 0.2) is 0 Å². The Balaban J connectivity index is 1.76. The topological polar surface area (TPSA) is 88.2 Å². The fourth-order valence-electron chi connectivity index (χ4n) is 4.50. The van der Waals surface area contributed by atoms with Gasteiger partial charge in [-0.25, -0.2) is 19.6 Å². The van der Waals surface area contributed by atoms with Gasteiger partial charge in [0.25, 0.3) is 5.91 Å². The molecule has 4 atom stereocenters. The maximum absolute atomic E-state index is 12.6. The first-order chi connectivity index (χ1) is 13.0. The summed E-state index contributed by atoms with van der Waals surface area (Å²) in [5, 5.41) is 6.15. The van der Waals surface area contributed by atoms with Crippen molar-refractivity contribution in [3.05, 3.63) is 34.3 Å². The molecule has 0 unspecified atom stereocenters. The highest BCUT2D eigenvalue weighted by molar-refractivity contribution is 6.30. The SMILES string of the molecule is CCOC(=O)N1[C@@H]2C[C@@H]([C@H]3c4cc(Cl)ccc4C(=O)N[C@H]32)N1C(=O)OCC. The van der Waals surface area contributed by atoms with Gasteiger partial charge in [0.1, 0.15) is 0 Å². The second-order valence-electron chi connectivity index (χ2n) is 6.71. The summed E-state index contributed by atoms with van der Waals surface area (Å²) in [4.78, 5) is 37.7. The molecule has 3 amide bonds. The van der Waals surface area contributed by atoms with E-state index in [1.165, 1.54) is 10.0 Å². The van der Waals surface area contributed by atoms with Crippen molar-refractivity contribution in [3.63, 3.8) is 0 Å². The van der Waals surface area contributed by atoms with Gasteiger partial charge in [0.05, 0.1) is 31.3 Å². The molecule has 1 saturated carbocycles. The van der Waals surface area contributed by atoms with Gasteiger partial charge in [-0.05, 0) is 44.0 Å². The van der Waals surface area contributed by atoms with E-state index >= 15 is 0 Å². The van der Waals surface area contributed by atoms with Crippen LogP contribution in [0.1, 0.15) is 42.1 Å². The van der Waals surface area contributed by atoms with Crippen molar-refractivity contribution in [1.82, 2.24) is 15.3 Å². The molecule has 4 rings (SSSR count). The molecule has 8 nitrogen and oxygen atoms in total. The van der Waals surface area contributed by atoms with Crippen LogP contribution < -0.4 is 5.32 Å². The zero-order chi connectivity index (χ0) is 19.3. The van der Waals surface area contributed by atoms with Gasteiger partial charge in [0, 0.05) is 16.5 Å². The van der Waals surface area contributed by atoms with Crippen LogP contribution in [0.4, 0.5) is 9.59 Å². The van der Waals surface area contributed by atoms with Crippen LogP contribution in [0.3, 0.4) is 0 Å². The number of halogens is 1. The Morgan fingerprint density at radius 1 is 1.15 bits per heavy atom. The number of nitrogens with one attached hydrogen (secondary N) is 1. The minimum atomic E-state index is -0.623. The molecule has 2 aliphatic heterocycles. The molecule has 2 fully saturated rings. The Morgan fingerprint density at radius 3 is 2.41 bits per heavy atom. The third-order valence-corrected chi connectivity index (χ3v) is 5.62. The van der Waals surface area contributed by atoms with E-state index in [0.29, 0.717) is 17.0 Å². The van der Waals surface area contributed by atoms with Crippen LogP contribution >= 0.6 is 11.6 Å². The molecule has 1 aromatic carbocycles. The summed E-state index contributed by atoms with van der Waals surface area (Å²) in [6.07, 6.45) is -0.696. The molecule has 1 N–H and O–H groups in total. The molecule has 1 saturated heterocycles. The van der Waals surface area contributed by atoms with Gasteiger partial charge in [-0.2, -0.15) is 0 Å². The molecule has 1 aromatic rings. The van der Waals surface area contributed by atoms with E-state index in [0.717, 1.165) is 5.56 Å². The predicted octanol–water partition coefficient (Wildman–Crippen LogP) is 2.52. The van der Waals surface area contributed by atoms with Gasteiger partial charge in [-0.3, -0.25) is 4.79 Å². The molecule has 2 bridgehead atoms. The second-order valence-corrected chi connectivity index (χ2v) is 7.15. The van der Waals surface area contributed by atoms with Crippen molar-refractivity contribution >= 4 is 29.7 Å². The molecule has 3 aliphatic rings. The van der Waals surface area contributed by atoms with E-state index in [1.54, 1.807) is 32.0 Å². The zero-order valence-corrected chi connectivity index (χ0v) is 15.7. The smallest absolute Gasteiger partial charge is 0.429 e. The fourth-order valence-corrected chi connectivity index (χ4v) is 4.68. The lowest BCUT2D eigenvalue weighted by molar-refractivity contribution is -0.0526. The third kappa shape index (κ3) is 2.62. The normalized spacial score (nSPS) is 27.7. The molecular weight excluding hydrogens is 374 g/mol. The van der Waals surface area contributed by atoms with Gasteiger partial charge in [0.2, 0.25) is 0 Å². The van der Waals surface area contributed by atoms with Crippen molar-refractivity contribution in [3.8, 4) is 0 Å². The maximum Gasteiger partial charge on any atom is 0.429 e. The lowest BCUT2D eigenvalue weighted by atomic mass is 9.82. The second kappa shape index (κ2) is 6.60. The summed E-state index contributed by atoms with van der Waals surface area (Å²) >= 11 is 6.16. The standard InChI is InChI=1S/C18H20ClN3O5/c1-3-26-17(24)21-12-8-13(22(21)18(25)27-4-2)15-14(12)11-7-9(19)5-6-10(11)16(23)20-15/h5-7,12-15H,3-4,8H2,1-2H3,(H,20,23)/t12-,13+,14+,15-/m0/s1. The minimum Gasteiger partial charge on any atom is -0.448 e. The summed E-state index contributed by atoms with van der Waals surface area (Å²) in [6, 6.07) is 4.09. The Kier molecular flexibility index (Phi) is 4.38. The number of fused-ring (bicyclic) bond motifs is 7. The molecule has 9 heteroatoms. The van der Waals surface area contributed by atoms with E-state index in [1.807, 2.05) is 0 Å². The highest BCUT2D eigenvalue weighted by Crippen LogP contribution is 2.50. The number of benzene rings is 1. The zero-order valence-electron chi connectivity index (χ0n) is 15.0. The van der Waals surface area contributed by atoms with Crippen LogP contribution in [0.2, 0.25) is 5.02 Å². The lowest BCUT2D eigenvalue weighted by Gasteiger charge is -2.46. The Hall–Kier alpha value is -2.48. The van der Waals surface area contributed by atoms with Gasteiger partial charge in [-0.1, -0.05) is 11.6 Å². The summed E-state index contributed by atoms with van der Waals surface area (Å²) in [5.41, 5.74) is 1.33. The van der Waals surface area contributed by atoms with Crippen molar-refractivity contribution in [2.24, 2.45) is 0 Å². The first-order valence-electron chi connectivity index (χ1n) is 9.00. The summed E-state index contributed by atoms with van der Waals surface area (Å²) < 4.78 is 10.3. The maximum atomic E-state index is 12.6. The molecule has 0 radical (unpaired) electrons. The van der Waals surface area contributed by atoms with E-state index < -0.39 is 12.2 Å². The number of rotatable bonds is 2. The van der Waals surface area contributed by atoms with E-state index in [4.69, 9.17) is 21.1 Å². The number of hydrazine groups is 1. The van der Waals surface area contributed by atoms with Gasteiger partial charge >= 0.3 is 12.2 Å². The summed E-state index contributed by atoms with van der Waals surface area (Å²) in [5.74, 6) is -0.376. The monoisotopic (exact) mass is 393 g/mol. The number of carbonyl (C=O) groups excluding carboxylic acids is 3. The number of hydrogen-bond donors (Lipinski definition) is 1. The first kappa shape index (κ1) is 17.9. The number of ether oxygens (including phenoxy) is 2. The largest absolute Gasteiger partial charge is 0.448 e. The Bertz CT molecular complexity index is 816. The van der Waals surface area contributed by atoms with Crippen LogP contribution in [-0.4, -0.2) is 59.5 Å². The molecule has 144 valence electrons. The molecular formula is C18H20ClN3O5. The average Bonchev–Trinajstić information content (AvgIpc) is 3.18. The number of hydrogen-bond acceptors (Lipinski definition) is 5. The lowest BCUT2D eigenvalue weighted by Crippen LogP contribution is -2.64. The van der Waals surface area contributed by atoms with Crippen molar-refractivity contribution in [2.45, 2.75) is 44.3 Å². The van der Waals surface area contributed by atoms with E-state index in [9.17, 15) is 14.4 Å². The van der Waals surface area contributed by atoms with Crippen LogP contribution in [0.5, 0.6) is 0 Å². The van der Waals surface area contributed by atoms with Crippen LogP contribution in [0.15, 0.2) is 18.2 Å². The van der Waals surface area contributed by atoms with Crippen LogP contribution in [-0.2, 0) is 9.47 Å². The first-order valence-corrected chi connectivity index (χ1v) is 9.37. The van der Waals surface area contributed by atoms with E-state index in [-0.39, 0.29) is 43.2 Å². The van der Waals surface area contributed by atoms with Gasteiger partial charge < -0.3 is 14.8 Å². The van der Waals surface area contributed by atoms with Crippen molar-refractivity contribution in [2.75, 3.05) is 13.2 Å². The quantitative estimate of drug-likeness (QED) is 0.834. The highest BCUT2D eigenvalue weighted by atomic mass is 35.5. The number of amides is 3. The Morgan fingerprint density at radius 2 is 1.78 bits per heavy atom. The summed E-state index contributed by atoms with van der Waals surface area (Å²) in [6.45, 7) is 3.78. The summed E-state index contributed by atoms with van der Waals surface area (Å²) in [7, 11) is 0. The minimum absolute atomic E-state index is 0.170. The third-order valence-electron chi connectivity index (χ3n) is 5.38. The number of carbonyl (C=O) groups is 3.